The van der Waals surface area contributed by atoms with Gasteiger partial charge in [-0.05, 0) is 42.5 Å². The number of nitro benzene ring substituents is 1. The van der Waals surface area contributed by atoms with E-state index in [1.54, 1.807) is 29.4 Å². The van der Waals surface area contributed by atoms with Gasteiger partial charge in [-0.3, -0.25) is 14.9 Å². The van der Waals surface area contributed by atoms with E-state index < -0.39 is 16.9 Å². The Bertz CT molecular complexity index is 1730. The Hall–Kier alpha value is -4.74. The molecule has 5 aromatic rings. The third-order valence-electron chi connectivity index (χ3n) is 6.32. The van der Waals surface area contributed by atoms with E-state index in [0.717, 1.165) is 15.4 Å². The highest BCUT2D eigenvalue weighted by Gasteiger charge is 2.50. The zero-order chi connectivity index (χ0) is 27.5. The van der Waals surface area contributed by atoms with Gasteiger partial charge >= 0.3 is 0 Å². The number of carbonyl (C=O) groups is 1. The van der Waals surface area contributed by atoms with Crippen molar-refractivity contribution >= 4 is 51.3 Å². The second-order valence-corrected chi connectivity index (χ2v) is 11.2. The summed E-state index contributed by atoms with van der Waals surface area (Å²) in [4.78, 5) is 40.8. The molecule has 3 aromatic carbocycles. The zero-order valence-corrected chi connectivity index (χ0v) is 22.5. The van der Waals surface area contributed by atoms with Crippen LogP contribution < -0.4 is 13.7 Å². The summed E-state index contributed by atoms with van der Waals surface area (Å²) in [6.07, 6.45) is 1.89. The Balaban J connectivity index is 1.39. The summed E-state index contributed by atoms with van der Waals surface area (Å²) in [7, 11) is 0. The number of aromatic nitrogens is 1. The molecule has 0 saturated carbocycles. The molecule has 1 amide bonds. The van der Waals surface area contributed by atoms with Crippen molar-refractivity contribution in [2.75, 3.05) is 4.90 Å². The van der Waals surface area contributed by atoms with Crippen molar-refractivity contribution in [2.24, 2.45) is 15.9 Å². The molecule has 0 spiro atoms. The van der Waals surface area contributed by atoms with Gasteiger partial charge in [-0.2, -0.15) is 0 Å². The predicted molar refractivity (Wildman–Crippen MR) is 153 cm³/mol. The molecule has 1 aliphatic rings. The van der Waals surface area contributed by atoms with Crippen LogP contribution in [0, 0.1) is 16.0 Å². The standard InChI is InChI=1S/C29H21N5O4S2/c35-27-23(26(24-15-8-16-38-24)33(27)21-13-7-14-22(17-21)34(36)37)18-25-32-28(30-19-9-3-1-4-10-19)40-29(39-25)31-20-11-5-2-6-12-20/h1-17,23,26H,18H2. The average Bonchev–Trinajstić information content (AvgIpc) is 3.49. The van der Waals surface area contributed by atoms with Crippen LogP contribution in [-0.4, -0.2) is 15.8 Å². The fraction of sp³-hybridized carbons (Fsp3) is 0.103. The molecule has 0 N–H and O–H groups in total. The number of nitro groups is 1. The van der Waals surface area contributed by atoms with Crippen LogP contribution >= 0.6 is 22.7 Å². The average molecular weight is 568 g/mol. The number of furan rings is 1. The molecule has 0 bridgehead atoms. The van der Waals surface area contributed by atoms with Crippen molar-refractivity contribution in [1.29, 1.82) is 0 Å². The first-order valence-electron chi connectivity index (χ1n) is 12.4. The van der Waals surface area contributed by atoms with Crippen LogP contribution in [0.15, 0.2) is 118 Å². The van der Waals surface area contributed by atoms with Gasteiger partial charge in [0, 0.05) is 18.6 Å². The van der Waals surface area contributed by atoms with Gasteiger partial charge in [0.25, 0.3) is 5.69 Å². The number of hydrogen-bond acceptors (Lipinski definition) is 9. The molecule has 1 aliphatic heterocycles. The molecule has 1 saturated heterocycles. The predicted octanol–water partition coefficient (Wildman–Crippen LogP) is 6.12. The fourth-order valence-corrected chi connectivity index (χ4v) is 6.62. The lowest BCUT2D eigenvalue weighted by Crippen LogP contribution is -2.56. The van der Waals surface area contributed by atoms with Gasteiger partial charge in [-0.15, -0.1) is 0 Å². The van der Waals surface area contributed by atoms with Crippen molar-refractivity contribution in [1.82, 2.24) is 4.98 Å². The Morgan fingerprint density at radius 2 is 1.62 bits per heavy atom. The number of anilines is 1. The largest absolute Gasteiger partial charge is 0.467 e. The minimum atomic E-state index is -0.476. The number of hydrogen-bond donors (Lipinski definition) is 0. The number of β-lactam (4-membered cyclic amide) rings is 1. The fourth-order valence-electron chi connectivity index (χ4n) is 4.52. The summed E-state index contributed by atoms with van der Waals surface area (Å²) >= 11 is 2.79. The topological polar surface area (TPSA) is 114 Å². The first-order chi connectivity index (χ1) is 19.5. The van der Waals surface area contributed by atoms with Gasteiger partial charge in [-0.25, -0.2) is 15.0 Å². The minimum Gasteiger partial charge on any atom is -0.467 e. The maximum absolute atomic E-state index is 13.6. The van der Waals surface area contributed by atoms with Gasteiger partial charge in [0.15, 0.2) is 3.98 Å². The van der Waals surface area contributed by atoms with E-state index in [2.05, 4.69) is 0 Å². The number of carbonyl (C=O) groups excluding carboxylic acids is 1. The Labute approximate surface area is 236 Å². The quantitative estimate of drug-likeness (QED) is 0.134. The lowest BCUT2D eigenvalue weighted by atomic mass is 9.82. The number of non-ortho nitro benzene ring substituents is 1. The molecule has 1 fully saturated rings. The second kappa shape index (κ2) is 11.2. The highest BCUT2D eigenvalue weighted by molar-refractivity contribution is 7.22. The van der Waals surface area contributed by atoms with Gasteiger partial charge in [0.05, 0.1) is 39.2 Å². The summed E-state index contributed by atoms with van der Waals surface area (Å²) in [5.41, 5.74) is 1.94. The van der Waals surface area contributed by atoms with Crippen LogP contribution in [0.5, 0.6) is 0 Å². The molecule has 11 heteroatoms. The maximum atomic E-state index is 13.6. The normalized spacial score (nSPS) is 17.6. The SMILES string of the molecule is O=C1C(Cc2nc(=Nc3ccccc3)sc(=Nc3ccccc3)s2)C(c2ccco2)N1c1cccc([N+](=O)[O-])c1. The summed E-state index contributed by atoms with van der Waals surface area (Å²) in [6, 6.07) is 28.4. The van der Waals surface area contributed by atoms with Crippen LogP contribution in [-0.2, 0) is 11.2 Å². The van der Waals surface area contributed by atoms with Gasteiger partial charge < -0.3 is 9.32 Å². The van der Waals surface area contributed by atoms with E-state index in [-0.39, 0.29) is 11.6 Å². The highest BCUT2D eigenvalue weighted by Crippen LogP contribution is 2.45. The van der Waals surface area contributed by atoms with Crippen molar-refractivity contribution in [3.05, 3.63) is 133 Å². The second-order valence-electron chi connectivity index (χ2n) is 8.91. The summed E-state index contributed by atoms with van der Waals surface area (Å²) in [6.45, 7) is 0. The lowest BCUT2D eigenvalue weighted by molar-refractivity contribution is -0.384. The summed E-state index contributed by atoms with van der Waals surface area (Å²) in [5.74, 6) is -0.0366. The van der Waals surface area contributed by atoms with E-state index in [9.17, 15) is 14.9 Å². The first kappa shape index (κ1) is 25.5. The van der Waals surface area contributed by atoms with E-state index in [1.165, 1.54) is 34.8 Å². The molecule has 3 heterocycles. The van der Waals surface area contributed by atoms with E-state index in [1.807, 2.05) is 66.7 Å². The third-order valence-corrected chi connectivity index (χ3v) is 8.21. The Kier molecular flexibility index (Phi) is 7.13. The van der Waals surface area contributed by atoms with Crippen molar-refractivity contribution in [3.8, 4) is 0 Å². The molecule has 6 rings (SSSR count). The monoisotopic (exact) mass is 567 g/mol. The molecule has 198 valence electrons. The van der Waals surface area contributed by atoms with Crippen molar-refractivity contribution in [2.45, 2.75) is 12.5 Å². The molecule has 0 radical (unpaired) electrons. The van der Waals surface area contributed by atoms with E-state index >= 15 is 0 Å². The number of nitrogens with zero attached hydrogens (tertiary/aromatic N) is 5. The van der Waals surface area contributed by atoms with Crippen LogP contribution in [0.3, 0.4) is 0 Å². The Morgan fingerprint density at radius 3 is 2.30 bits per heavy atom. The van der Waals surface area contributed by atoms with Gasteiger partial charge in [-0.1, -0.05) is 65.1 Å². The minimum absolute atomic E-state index is 0.0836. The van der Waals surface area contributed by atoms with Crippen LogP contribution in [0.25, 0.3) is 0 Å². The smallest absolute Gasteiger partial charge is 0.271 e. The molecule has 2 unspecified atom stereocenters. The third kappa shape index (κ3) is 5.37. The van der Waals surface area contributed by atoms with Crippen LogP contribution in [0.2, 0.25) is 0 Å². The molecule has 40 heavy (non-hydrogen) atoms. The number of para-hydroxylation sites is 2. The molecule has 2 aromatic heterocycles. The molecule has 9 nitrogen and oxygen atoms in total. The summed E-state index contributed by atoms with van der Waals surface area (Å²) < 4.78 is 6.46. The maximum Gasteiger partial charge on any atom is 0.271 e. The number of rotatable bonds is 7. The molecular formula is C29H21N5O4S2. The lowest BCUT2D eigenvalue weighted by Gasteiger charge is -2.45. The van der Waals surface area contributed by atoms with Gasteiger partial charge in [0.1, 0.15) is 11.8 Å². The number of amides is 1. The van der Waals surface area contributed by atoms with Crippen molar-refractivity contribution in [3.63, 3.8) is 0 Å². The Morgan fingerprint density at radius 1 is 0.900 bits per heavy atom. The molecular weight excluding hydrogens is 546 g/mol. The summed E-state index contributed by atoms with van der Waals surface area (Å²) in [5, 5.41) is 12.1. The number of benzene rings is 3. The van der Waals surface area contributed by atoms with E-state index in [0.29, 0.717) is 27.7 Å². The molecule has 0 aliphatic carbocycles. The van der Waals surface area contributed by atoms with Crippen molar-refractivity contribution < 1.29 is 14.1 Å². The zero-order valence-electron chi connectivity index (χ0n) is 20.9. The van der Waals surface area contributed by atoms with E-state index in [4.69, 9.17) is 19.4 Å². The van der Waals surface area contributed by atoms with Gasteiger partial charge in [0.2, 0.25) is 10.7 Å². The first-order valence-corrected chi connectivity index (χ1v) is 14.0. The van der Waals surface area contributed by atoms with Crippen LogP contribution in [0.4, 0.5) is 22.7 Å². The van der Waals surface area contributed by atoms with Crippen LogP contribution in [0.1, 0.15) is 16.8 Å². The molecule has 2 atom stereocenters. The highest BCUT2D eigenvalue weighted by atomic mass is 32.2.